The van der Waals surface area contributed by atoms with Gasteiger partial charge in [0.1, 0.15) is 5.76 Å². The van der Waals surface area contributed by atoms with Gasteiger partial charge in [0.15, 0.2) is 4.67 Å². The smallest absolute Gasteiger partial charge is 0.169 e. The molecule has 0 amide bonds. The Hall–Kier alpha value is -0.320. The van der Waals surface area contributed by atoms with Crippen LogP contribution in [0.1, 0.15) is 38.0 Å². The van der Waals surface area contributed by atoms with Crippen molar-refractivity contribution in [2.24, 2.45) is 11.7 Å². The lowest BCUT2D eigenvalue weighted by Crippen LogP contribution is -2.31. The average molecular weight is 301 g/mol. The summed E-state index contributed by atoms with van der Waals surface area (Å²) < 4.78 is 6.43. The van der Waals surface area contributed by atoms with Crippen LogP contribution in [0, 0.1) is 5.92 Å². The van der Waals surface area contributed by atoms with E-state index >= 15 is 0 Å². The van der Waals surface area contributed by atoms with Crippen molar-refractivity contribution in [1.82, 2.24) is 4.90 Å². The Balaban J connectivity index is 2.00. The van der Waals surface area contributed by atoms with Crippen LogP contribution in [-0.2, 0) is 0 Å². The maximum absolute atomic E-state index is 5.90. The lowest BCUT2D eigenvalue weighted by atomic mass is 10.0. The quantitative estimate of drug-likeness (QED) is 0.908. The molecule has 2 N–H and O–H groups in total. The fraction of sp³-hybridized carbons (Fsp3) is 0.692. The van der Waals surface area contributed by atoms with Crippen molar-refractivity contribution < 1.29 is 4.42 Å². The summed E-state index contributed by atoms with van der Waals surface area (Å²) in [5.74, 6) is 1.82. The van der Waals surface area contributed by atoms with Gasteiger partial charge < -0.3 is 10.2 Å². The third-order valence-corrected chi connectivity index (χ3v) is 4.03. The lowest BCUT2D eigenvalue weighted by molar-refractivity contribution is 0.210. The number of nitrogens with zero attached hydrogens (tertiary/aromatic N) is 1. The summed E-state index contributed by atoms with van der Waals surface area (Å²) in [6.45, 7) is 5.18. The largest absolute Gasteiger partial charge is 0.453 e. The molecular formula is C13H21BrN2O. The molecule has 2 heterocycles. The van der Waals surface area contributed by atoms with Crippen molar-refractivity contribution in [2.45, 2.75) is 32.2 Å². The molecule has 0 saturated carbocycles. The highest BCUT2D eigenvalue weighted by atomic mass is 79.9. The standard InChI is InChI=1S/C13H21BrN2O/c1-2-3-10-6-7-16(9-10)11(8-15)12-4-5-13(14)17-12/h4-5,10-11H,2-3,6-9,15H2,1H3. The van der Waals surface area contributed by atoms with Gasteiger partial charge in [-0.3, -0.25) is 4.90 Å². The fourth-order valence-electron chi connectivity index (χ4n) is 2.74. The Labute approximate surface area is 111 Å². The van der Waals surface area contributed by atoms with E-state index in [4.69, 9.17) is 10.2 Å². The van der Waals surface area contributed by atoms with Gasteiger partial charge in [-0.25, -0.2) is 0 Å². The maximum atomic E-state index is 5.90. The van der Waals surface area contributed by atoms with E-state index in [9.17, 15) is 0 Å². The zero-order valence-corrected chi connectivity index (χ0v) is 11.9. The van der Waals surface area contributed by atoms with Gasteiger partial charge in [0.25, 0.3) is 0 Å². The SMILES string of the molecule is CCCC1CCN(C(CN)c2ccc(Br)o2)C1. The van der Waals surface area contributed by atoms with E-state index in [2.05, 4.69) is 27.8 Å². The molecule has 1 aromatic rings. The molecular weight excluding hydrogens is 280 g/mol. The van der Waals surface area contributed by atoms with Gasteiger partial charge in [0, 0.05) is 13.1 Å². The van der Waals surface area contributed by atoms with Crippen LogP contribution in [-0.4, -0.2) is 24.5 Å². The second-order valence-corrected chi connectivity index (χ2v) is 5.61. The molecule has 2 unspecified atom stereocenters. The van der Waals surface area contributed by atoms with Gasteiger partial charge >= 0.3 is 0 Å². The van der Waals surface area contributed by atoms with Crippen LogP contribution in [0.25, 0.3) is 0 Å². The normalized spacial score (nSPS) is 23.1. The summed E-state index contributed by atoms with van der Waals surface area (Å²) >= 11 is 3.35. The monoisotopic (exact) mass is 300 g/mol. The predicted molar refractivity (Wildman–Crippen MR) is 72.8 cm³/mol. The highest BCUT2D eigenvalue weighted by molar-refractivity contribution is 9.10. The minimum absolute atomic E-state index is 0.239. The predicted octanol–water partition coefficient (Wildman–Crippen LogP) is 3.16. The van der Waals surface area contributed by atoms with Crippen molar-refractivity contribution in [3.8, 4) is 0 Å². The van der Waals surface area contributed by atoms with Gasteiger partial charge in [0.05, 0.1) is 6.04 Å². The summed E-state index contributed by atoms with van der Waals surface area (Å²) in [6, 6.07) is 4.20. The molecule has 96 valence electrons. The number of furan rings is 1. The van der Waals surface area contributed by atoms with Crippen LogP contribution < -0.4 is 5.73 Å². The molecule has 0 bridgehead atoms. The maximum Gasteiger partial charge on any atom is 0.169 e. The molecule has 1 saturated heterocycles. The first kappa shape index (κ1) is 13.1. The van der Waals surface area contributed by atoms with Crippen molar-refractivity contribution in [3.05, 3.63) is 22.6 Å². The van der Waals surface area contributed by atoms with E-state index in [1.165, 1.54) is 19.3 Å². The molecule has 4 heteroatoms. The Kier molecular flexibility index (Phi) is 4.65. The second kappa shape index (κ2) is 6.03. The molecule has 2 atom stereocenters. The number of nitrogens with two attached hydrogens (primary N) is 1. The highest BCUT2D eigenvalue weighted by Gasteiger charge is 2.29. The summed E-state index contributed by atoms with van der Waals surface area (Å²) in [5, 5.41) is 0. The lowest BCUT2D eigenvalue weighted by Gasteiger charge is -2.24. The van der Waals surface area contributed by atoms with E-state index < -0.39 is 0 Å². The van der Waals surface area contributed by atoms with Gasteiger partial charge in [0.2, 0.25) is 0 Å². The topological polar surface area (TPSA) is 42.4 Å². The summed E-state index contributed by atoms with van der Waals surface area (Å²) in [7, 11) is 0. The molecule has 1 aliphatic rings. The Morgan fingerprint density at radius 1 is 1.59 bits per heavy atom. The third kappa shape index (κ3) is 3.12. The second-order valence-electron chi connectivity index (χ2n) is 4.83. The van der Waals surface area contributed by atoms with Crippen LogP contribution in [0.15, 0.2) is 21.2 Å². The van der Waals surface area contributed by atoms with Gasteiger partial charge in [-0.2, -0.15) is 0 Å². The van der Waals surface area contributed by atoms with E-state index in [-0.39, 0.29) is 6.04 Å². The van der Waals surface area contributed by atoms with Crippen molar-refractivity contribution in [3.63, 3.8) is 0 Å². The fourth-order valence-corrected chi connectivity index (χ4v) is 3.06. The molecule has 1 fully saturated rings. The molecule has 2 rings (SSSR count). The minimum Gasteiger partial charge on any atom is -0.453 e. The molecule has 0 aliphatic carbocycles. The first-order chi connectivity index (χ1) is 8.24. The molecule has 1 aromatic heterocycles. The number of rotatable bonds is 5. The minimum atomic E-state index is 0.239. The molecule has 1 aliphatic heterocycles. The van der Waals surface area contributed by atoms with Crippen LogP contribution >= 0.6 is 15.9 Å². The van der Waals surface area contributed by atoms with E-state index in [0.717, 1.165) is 29.4 Å². The van der Waals surface area contributed by atoms with Crippen LogP contribution in [0.4, 0.5) is 0 Å². The van der Waals surface area contributed by atoms with Gasteiger partial charge in [-0.05, 0) is 53.4 Å². The summed E-state index contributed by atoms with van der Waals surface area (Å²) in [5.41, 5.74) is 5.90. The molecule has 0 spiro atoms. The van der Waals surface area contributed by atoms with Crippen molar-refractivity contribution in [2.75, 3.05) is 19.6 Å². The van der Waals surface area contributed by atoms with Gasteiger partial charge in [-0.15, -0.1) is 0 Å². The molecule has 0 radical (unpaired) electrons. The summed E-state index contributed by atoms with van der Waals surface area (Å²) in [6.07, 6.45) is 3.90. The van der Waals surface area contributed by atoms with Gasteiger partial charge in [-0.1, -0.05) is 13.3 Å². The zero-order valence-electron chi connectivity index (χ0n) is 10.4. The van der Waals surface area contributed by atoms with E-state index in [1.807, 2.05) is 12.1 Å². The average Bonchev–Trinajstić information content (AvgIpc) is 2.91. The Bertz CT molecular complexity index is 353. The first-order valence-electron chi connectivity index (χ1n) is 6.44. The van der Waals surface area contributed by atoms with Crippen molar-refractivity contribution in [1.29, 1.82) is 0 Å². The number of likely N-dealkylation sites (tertiary alicyclic amines) is 1. The van der Waals surface area contributed by atoms with Crippen LogP contribution in [0.3, 0.4) is 0 Å². The molecule has 17 heavy (non-hydrogen) atoms. The third-order valence-electron chi connectivity index (χ3n) is 3.60. The number of halogens is 1. The zero-order chi connectivity index (χ0) is 12.3. The van der Waals surface area contributed by atoms with E-state index in [0.29, 0.717) is 6.54 Å². The molecule has 0 aromatic carbocycles. The number of hydrogen-bond donors (Lipinski definition) is 1. The van der Waals surface area contributed by atoms with Crippen molar-refractivity contribution >= 4 is 15.9 Å². The Morgan fingerprint density at radius 2 is 2.41 bits per heavy atom. The van der Waals surface area contributed by atoms with Crippen LogP contribution in [0.2, 0.25) is 0 Å². The Morgan fingerprint density at radius 3 is 3.00 bits per heavy atom. The first-order valence-corrected chi connectivity index (χ1v) is 7.23. The highest BCUT2D eigenvalue weighted by Crippen LogP contribution is 2.30. The van der Waals surface area contributed by atoms with Crippen LogP contribution in [0.5, 0.6) is 0 Å². The summed E-state index contributed by atoms with van der Waals surface area (Å²) in [4.78, 5) is 2.46. The number of hydrogen-bond acceptors (Lipinski definition) is 3. The van der Waals surface area contributed by atoms with E-state index in [1.54, 1.807) is 0 Å². The molecule has 3 nitrogen and oxygen atoms in total.